The van der Waals surface area contributed by atoms with Crippen molar-refractivity contribution in [2.24, 2.45) is 10.9 Å². The molecule has 1 unspecified atom stereocenters. The van der Waals surface area contributed by atoms with Crippen LogP contribution in [0.1, 0.15) is 26.2 Å². The molecular weight excluding hydrogens is 126 g/mol. The molecule has 0 saturated carbocycles. The molecule has 2 nitrogen and oxygen atoms in total. The zero-order valence-electron chi connectivity index (χ0n) is 6.76. The van der Waals surface area contributed by atoms with Gasteiger partial charge >= 0.3 is 0 Å². The highest BCUT2D eigenvalue weighted by Crippen LogP contribution is 2.14. The van der Waals surface area contributed by atoms with Crippen molar-refractivity contribution in [2.75, 3.05) is 13.7 Å². The normalized spacial score (nSPS) is 27.0. The first kappa shape index (κ1) is 7.58. The van der Waals surface area contributed by atoms with E-state index >= 15 is 0 Å². The minimum absolute atomic E-state index is 0.535. The number of methoxy groups -OCH3 is 1. The van der Waals surface area contributed by atoms with Gasteiger partial charge in [0.2, 0.25) is 0 Å². The van der Waals surface area contributed by atoms with E-state index in [0.29, 0.717) is 5.92 Å². The third-order valence-electron chi connectivity index (χ3n) is 1.94. The van der Waals surface area contributed by atoms with E-state index in [-0.39, 0.29) is 0 Å². The summed E-state index contributed by atoms with van der Waals surface area (Å²) in [5.41, 5.74) is 0. The highest BCUT2D eigenvalue weighted by Gasteiger charge is 2.12. The fraction of sp³-hybridized carbons (Fsp3) is 0.875. The summed E-state index contributed by atoms with van der Waals surface area (Å²) in [5.74, 6) is 1.48. The van der Waals surface area contributed by atoms with Crippen molar-refractivity contribution in [3.05, 3.63) is 0 Å². The molecule has 58 valence electrons. The number of nitrogens with zero attached hydrogens (tertiary/aromatic N) is 1. The Balaban J connectivity index is 2.53. The zero-order valence-corrected chi connectivity index (χ0v) is 6.76. The van der Waals surface area contributed by atoms with E-state index in [1.165, 1.54) is 19.3 Å². The Bertz CT molecular complexity index is 131. The minimum Gasteiger partial charge on any atom is -0.484 e. The minimum atomic E-state index is 0.535. The first-order valence-electron chi connectivity index (χ1n) is 3.93. The number of aliphatic imine (C=N–C) groups is 1. The zero-order chi connectivity index (χ0) is 7.40. The van der Waals surface area contributed by atoms with Crippen LogP contribution < -0.4 is 0 Å². The number of hydrogen-bond donors (Lipinski definition) is 0. The highest BCUT2D eigenvalue weighted by molar-refractivity contribution is 5.78. The van der Waals surface area contributed by atoms with Crippen molar-refractivity contribution in [1.29, 1.82) is 0 Å². The lowest BCUT2D eigenvalue weighted by atomic mass is 10.1. The molecule has 1 atom stereocenters. The molecule has 0 aliphatic carbocycles. The second-order valence-corrected chi connectivity index (χ2v) is 2.82. The van der Waals surface area contributed by atoms with Gasteiger partial charge in [0.1, 0.15) is 0 Å². The molecule has 0 aromatic carbocycles. The van der Waals surface area contributed by atoms with Gasteiger partial charge in [0.25, 0.3) is 0 Å². The summed E-state index contributed by atoms with van der Waals surface area (Å²) in [6.07, 6.45) is 3.74. The predicted molar refractivity (Wildman–Crippen MR) is 42.3 cm³/mol. The molecule has 0 amide bonds. The van der Waals surface area contributed by atoms with Crippen LogP contribution in [0.5, 0.6) is 0 Å². The lowest BCUT2D eigenvalue weighted by molar-refractivity contribution is 0.366. The van der Waals surface area contributed by atoms with Crippen LogP contribution in [0.3, 0.4) is 0 Å². The van der Waals surface area contributed by atoms with Crippen molar-refractivity contribution < 1.29 is 4.74 Å². The second-order valence-electron chi connectivity index (χ2n) is 2.82. The number of rotatable bonds is 0. The van der Waals surface area contributed by atoms with E-state index in [0.717, 1.165) is 12.4 Å². The molecule has 1 rings (SSSR count). The van der Waals surface area contributed by atoms with E-state index in [9.17, 15) is 0 Å². The monoisotopic (exact) mass is 141 g/mol. The van der Waals surface area contributed by atoms with Crippen LogP contribution in [-0.2, 0) is 4.74 Å². The second kappa shape index (κ2) is 3.59. The van der Waals surface area contributed by atoms with E-state index < -0.39 is 0 Å². The maximum atomic E-state index is 5.13. The van der Waals surface area contributed by atoms with Gasteiger partial charge in [-0.25, -0.2) is 0 Å². The Morgan fingerprint density at radius 3 is 3.00 bits per heavy atom. The third kappa shape index (κ3) is 1.72. The molecule has 0 spiro atoms. The third-order valence-corrected chi connectivity index (χ3v) is 1.94. The van der Waals surface area contributed by atoms with Gasteiger partial charge in [-0.1, -0.05) is 13.3 Å². The summed E-state index contributed by atoms with van der Waals surface area (Å²) in [6, 6.07) is 0. The Morgan fingerprint density at radius 2 is 2.30 bits per heavy atom. The van der Waals surface area contributed by atoms with Gasteiger partial charge in [-0.3, -0.25) is 4.99 Å². The Hall–Kier alpha value is -0.530. The molecule has 1 heterocycles. The molecular formula is C8H15NO. The first-order valence-corrected chi connectivity index (χ1v) is 3.93. The molecule has 0 radical (unpaired) electrons. The quantitative estimate of drug-likeness (QED) is 0.504. The van der Waals surface area contributed by atoms with Gasteiger partial charge < -0.3 is 4.74 Å². The maximum absolute atomic E-state index is 5.13. The molecule has 0 saturated heterocycles. The molecule has 1 aliphatic rings. The predicted octanol–water partition coefficient (Wildman–Crippen LogP) is 1.85. The number of ether oxygens (including phenoxy) is 1. The summed E-state index contributed by atoms with van der Waals surface area (Å²) >= 11 is 0. The van der Waals surface area contributed by atoms with Crippen LogP contribution >= 0.6 is 0 Å². The van der Waals surface area contributed by atoms with Crippen LogP contribution in [0.4, 0.5) is 0 Å². The molecule has 0 aromatic rings. The lowest BCUT2D eigenvalue weighted by Crippen LogP contribution is -2.11. The van der Waals surface area contributed by atoms with Gasteiger partial charge in [0, 0.05) is 12.5 Å². The standard InChI is InChI=1S/C8H15NO/c1-7-5-3-4-6-9-8(7)10-2/h7H,3-6H2,1-2H3. The molecule has 2 heteroatoms. The van der Waals surface area contributed by atoms with Crippen LogP contribution in [0.2, 0.25) is 0 Å². The summed E-state index contributed by atoms with van der Waals surface area (Å²) in [4.78, 5) is 4.32. The van der Waals surface area contributed by atoms with E-state index in [4.69, 9.17) is 4.74 Å². The largest absolute Gasteiger partial charge is 0.484 e. The van der Waals surface area contributed by atoms with Crippen molar-refractivity contribution in [2.45, 2.75) is 26.2 Å². The van der Waals surface area contributed by atoms with E-state index in [2.05, 4.69) is 11.9 Å². The van der Waals surface area contributed by atoms with Crippen molar-refractivity contribution in [3.8, 4) is 0 Å². The van der Waals surface area contributed by atoms with Gasteiger partial charge in [0.15, 0.2) is 5.90 Å². The van der Waals surface area contributed by atoms with Crippen molar-refractivity contribution in [1.82, 2.24) is 0 Å². The molecule has 0 bridgehead atoms. The lowest BCUT2D eigenvalue weighted by Gasteiger charge is -2.09. The average Bonchev–Trinajstić information content (AvgIpc) is 2.13. The number of hydrogen-bond acceptors (Lipinski definition) is 2. The van der Waals surface area contributed by atoms with Crippen LogP contribution in [0, 0.1) is 5.92 Å². The fourth-order valence-electron chi connectivity index (χ4n) is 1.30. The van der Waals surface area contributed by atoms with Crippen LogP contribution in [0.25, 0.3) is 0 Å². The van der Waals surface area contributed by atoms with E-state index in [1.807, 2.05) is 0 Å². The SMILES string of the molecule is COC1=NCCCCC1C. The highest BCUT2D eigenvalue weighted by atomic mass is 16.5. The summed E-state index contributed by atoms with van der Waals surface area (Å²) in [6.45, 7) is 3.13. The maximum Gasteiger partial charge on any atom is 0.185 e. The first-order chi connectivity index (χ1) is 4.84. The van der Waals surface area contributed by atoms with E-state index in [1.54, 1.807) is 7.11 Å². The Kier molecular flexibility index (Phi) is 2.72. The topological polar surface area (TPSA) is 21.6 Å². The molecule has 10 heavy (non-hydrogen) atoms. The van der Waals surface area contributed by atoms with Crippen molar-refractivity contribution in [3.63, 3.8) is 0 Å². The van der Waals surface area contributed by atoms with Gasteiger partial charge in [-0.15, -0.1) is 0 Å². The summed E-state index contributed by atoms with van der Waals surface area (Å²) in [5, 5.41) is 0. The average molecular weight is 141 g/mol. The molecule has 0 fully saturated rings. The molecule has 0 aromatic heterocycles. The van der Waals surface area contributed by atoms with Crippen LogP contribution in [-0.4, -0.2) is 19.6 Å². The Labute approximate surface area is 62.3 Å². The van der Waals surface area contributed by atoms with Gasteiger partial charge in [0.05, 0.1) is 7.11 Å². The van der Waals surface area contributed by atoms with Crippen molar-refractivity contribution >= 4 is 5.90 Å². The summed E-state index contributed by atoms with van der Waals surface area (Å²) < 4.78 is 5.13. The Morgan fingerprint density at radius 1 is 1.50 bits per heavy atom. The van der Waals surface area contributed by atoms with Gasteiger partial charge in [-0.2, -0.15) is 0 Å². The molecule has 0 N–H and O–H groups in total. The van der Waals surface area contributed by atoms with Gasteiger partial charge in [-0.05, 0) is 12.8 Å². The smallest absolute Gasteiger partial charge is 0.185 e. The molecule has 1 aliphatic heterocycles. The fourth-order valence-corrected chi connectivity index (χ4v) is 1.30. The summed E-state index contributed by atoms with van der Waals surface area (Å²) in [7, 11) is 1.71. The van der Waals surface area contributed by atoms with Crippen LogP contribution in [0.15, 0.2) is 4.99 Å².